The summed E-state index contributed by atoms with van der Waals surface area (Å²) in [5.41, 5.74) is 6.74. The third-order valence-corrected chi connectivity index (χ3v) is 2.66. The van der Waals surface area contributed by atoms with Crippen LogP contribution in [0.3, 0.4) is 0 Å². The predicted molar refractivity (Wildman–Crippen MR) is 74.9 cm³/mol. The fourth-order valence-corrected chi connectivity index (χ4v) is 1.63. The van der Waals surface area contributed by atoms with Crippen molar-refractivity contribution in [3.63, 3.8) is 0 Å². The van der Waals surface area contributed by atoms with Crippen LogP contribution in [0.4, 0.5) is 0 Å². The van der Waals surface area contributed by atoms with E-state index in [-0.39, 0.29) is 18.3 Å². The fourth-order valence-electron chi connectivity index (χ4n) is 1.63. The van der Waals surface area contributed by atoms with Crippen LogP contribution < -0.4 is 15.8 Å². The lowest BCUT2D eigenvalue weighted by molar-refractivity contribution is -0.123. The molecule has 1 aromatic carbocycles. The quantitative estimate of drug-likeness (QED) is 0.261. The molecule has 2 rings (SSSR count). The molecule has 1 amide bonds. The van der Waals surface area contributed by atoms with Crippen LogP contribution in [0.1, 0.15) is 11.3 Å². The van der Waals surface area contributed by atoms with Crippen LogP contribution in [-0.2, 0) is 11.3 Å². The zero-order valence-corrected chi connectivity index (χ0v) is 11.1. The Morgan fingerprint density at radius 1 is 1.48 bits per heavy atom. The van der Waals surface area contributed by atoms with Crippen molar-refractivity contribution in [1.82, 2.24) is 15.3 Å². The van der Waals surface area contributed by atoms with Gasteiger partial charge in [0.2, 0.25) is 0 Å². The number of carbonyl (C=O) groups excluding carboxylic acids is 1. The maximum atomic E-state index is 11.7. The Balaban J connectivity index is 1.89. The van der Waals surface area contributed by atoms with Crippen LogP contribution in [0.15, 0.2) is 41.9 Å². The van der Waals surface area contributed by atoms with E-state index in [1.165, 1.54) is 6.33 Å². The Morgan fingerprint density at radius 3 is 3.00 bits per heavy atom. The number of hydrogen-bond donors (Lipinski definition) is 4. The summed E-state index contributed by atoms with van der Waals surface area (Å²) in [5.74, 6) is -0.00753. The van der Waals surface area contributed by atoms with Crippen molar-refractivity contribution in [2.24, 2.45) is 10.9 Å². The molecule has 0 aliphatic carbocycles. The number of nitrogens with two attached hydrogens (primary N) is 1. The standard InChI is InChI=1S/C13H15N5O3/c14-13(18-20)10-3-1-2-4-11(10)21-7-12(19)16-6-9-5-15-8-17-9/h1-5,8,20H,6-7H2,(H2,14,18)(H,15,17)(H,16,19). The smallest absolute Gasteiger partial charge is 0.258 e. The van der Waals surface area contributed by atoms with E-state index in [9.17, 15) is 4.79 Å². The Bertz CT molecular complexity index is 624. The van der Waals surface area contributed by atoms with E-state index in [0.29, 0.717) is 17.9 Å². The summed E-state index contributed by atoms with van der Waals surface area (Å²) in [6, 6.07) is 6.72. The Labute approximate surface area is 120 Å². The summed E-state index contributed by atoms with van der Waals surface area (Å²) in [4.78, 5) is 18.4. The molecule has 0 saturated heterocycles. The van der Waals surface area contributed by atoms with Crippen molar-refractivity contribution in [3.05, 3.63) is 48.0 Å². The van der Waals surface area contributed by atoms with Crippen LogP contribution >= 0.6 is 0 Å². The molecule has 0 fully saturated rings. The molecule has 8 heteroatoms. The highest BCUT2D eigenvalue weighted by Gasteiger charge is 2.09. The van der Waals surface area contributed by atoms with Gasteiger partial charge in [-0.3, -0.25) is 4.79 Å². The van der Waals surface area contributed by atoms with Gasteiger partial charge < -0.3 is 26.0 Å². The summed E-state index contributed by atoms with van der Waals surface area (Å²) in [6.07, 6.45) is 3.15. The zero-order chi connectivity index (χ0) is 15.1. The molecule has 0 radical (unpaired) electrons. The van der Waals surface area contributed by atoms with Gasteiger partial charge in [-0.15, -0.1) is 0 Å². The lowest BCUT2D eigenvalue weighted by Crippen LogP contribution is -2.29. The SMILES string of the molecule is NC(=NO)c1ccccc1OCC(=O)NCc1cnc[nH]1. The molecule has 5 N–H and O–H groups in total. The lowest BCUT2D eigenvalue weighted by Gasteiger charge is -2.10. The minimum atomic E-state index is -0.293. The van der Waals surface area contributed by atoms with Gasteiger partial charge in [-0.25, -0.2) is 4.98 Å². The predicted octanol–water partition coefficient (Wildman–Crippen LogP) is 0.199. The summed E-state index contributed by atoms with van der Waals surface area (Å²) in [6.45, 7) is 0.161. The summed E-state index contributed by atoms with van der Waals surface area (Å²) in [7, 11) is 0. The lowest BCUT2D eigenvalue weighted by atomic mass is 10.2. The summed E-state index contributed by atoms with van der Waals surface area (Å²) >= 11 is 0. The first kappa shape index (κ1) is 14.4. The van der Waals surface area contributed by atoms with E-state index in [4.69, 9.17) is 15.7 Å². The molecule has 0 aliphatic rings. The number of aromatic nitrogens is 2. The number of amidine groups is 1. The number of oxime groups is 1. The molecule has 8 nitrogen and oxygen atoms in total. The second-order valence-electron chi connectivity index (χ2n) is 4.12. The fraction of sp³-hybridized carbons (Fsp3) is 0.154. The molecule has 0 aliphatic heterocycles. The molecular weight excluding hydrogens is 274 g/mol. The first-order chi connectivity index (χ1) is 10.2. The average molecular weight is 289 g/mol. The molecule has 21 heavy (non-hydrogen) atoms. The van der Waals surface area contributed by atoms with Gasteiger partial charge in [0.25, 0.3) is 5.91 Å². The van der Waals surface area contributed by atoms with Crippen molar-refractivity contribution in [3.8, 4) is 5.75 Å². The van der Waals surface area contributed by atoms with Crippen LogP contribution in [0.2, 0.25) is 0 Å². The Hall–Kier alpha value is -3.03. The molecular formula is C13H15N5O3. The van der Waals surface area contributed by atoms with Crippen molar-refractivity contribution < 1.29 is 14.7 Å². The monoisotopic (exact) mass is 289 g/mol. The van der Waals surface area contributed by atoms with Crippen molar-refractivity contribution in [1.29, 1.82) is 0 Å². The first-order valence-corrected chi connectivity index (χ1v) is 6.14. The number of H-pyrrole nitrogens is 1. The minimum Gasteiger partial charge on any atom is -0.483 e. The van der Waals surface area contributed by atoms with Gasteiger partial charge in [-0.05, 0) is 12.1 Å². The number of benzene rings is 1. The topological polar surface area (TPSA) is 126 Å². The summed E-state index contributed by atoms with van der Waals surface area (Å²) < 4.78 is 5.38. The van der Waals surface area contributed by atoms with Gasteiger partial charge in [0.15, 0.2) is 12.4 Å². The maximum absolute atomic E-state index is 11.7. The van der Waals surface area contributed by atoms with Gasteiger partial charge >= 0.3 is 0 Å². The van der Waals surface area contributed by atoms with Crippen molar-refractivity contribution >= 4 is 11.7 Å². The van der Waals surface area contributed by atoms with E-state index in [2.05, 4.69) is 20.4 Å². The number of amides is 1. The molecule has 0 bridgehead atoms. The second kappa shape index (κ2) is 6.94. The largest absolute Gasteiger partial charge is 0.483 e. The van der Waals surface area contributed by atoms with Crippen LogP contribution in [0.5, 0.6) is 5.75 Å². The molecule has 2 aromatic rings. The highest BCUT2D eigenvalue weighted by Crippen LogP contribution is 2.17. The van der Waals surface area contributed by atoms with E-state index >= 15 is 0 Å². The molecule has 1 heterocycles. The molecule has 0 unspecified atom stereocenters. The average Bonchev–Trinajstić information content (AvgIpc) is 3.04. The van der Waals surface area contributed by atoms with Gasteiger partial charge in [0.05, 0.1) is 24.1 Å². The maximum Gasteiger partial charge on any atom is 0.258 e. The van der Waals surface area contributed by atoms with E-state index in [1.807, 2.05) is 0 Å². The number of para-hydroxylation sites is 1. The number of nitrogens with zero attached hydrogens (tertiary/aromatic N) is 2. The number of hydrogen-bond acceptors (Lipinski definition) is 5. The number of rotatable bonds is 6. The number of ether oxygens (including phenoxy) is 1. The van der Waals surface area contributed by atoms with Gasteiger partial charge in [0.1, 0.15) is 5.75 Å². The molecule has 0 atom stereocenters. The number of aromatic amines is 1. The van der Waals surface area contributed by atoms with E-state index in [1.54, 1.807) is 30.5 Å². The van der Waals surface area contributed by atoms with Crippen LogP contribution in [0.25, 0.3) is 0 Å². The normalized spacial score (nSPS) is 11.1. The molecule has 0 saturated carbocycles. The molecule has 0 spiro atoms. The van der Waals surface area contributed by atoms with Crippen LogP contribution in [0, 0.1) is 0 Å². The number of nitrogens with one attached hydrogen (secondary N) is 2. The first-order valence-electron chi connectivity index (χ1n) is 6.14. The molecule has 110 valence electrons. The molecule has 1 aromatic heterocycles. The van der Waals surface area contributed by atoms with E-state index in [0.717, 1.165) is 5.69 Å². The third-order valence-electron chi connectivity index (χ3n) is 2.66. The zero-order valence-electron chi connectivity index (χ0n) is 11.1. The van der Waals surface area contributed by atoms with Crippen LogP contribution in [-0.4, -0.2) is 33.5 Å². The Morgan fingerprint density at radius 2 is 2.29 bits per heavy atom. The number of carbonyl (C=O) groups is 1. The van der Waals surface area contributed by atoms with Crippen molar-refractivity contribution in [2.45, 2.75) is 6.54 Å². The second-order valence-corrected chi connectivity index (χ2v) is 4.12. The minimum absolute atomic E-state index is 0.0801. The summed E-state index contributed by atoms with van der Waals surface area (Å²) in [5, 5.41) is 14.3. The highest BCUT2D eigenvalue weighted by atomic mass is 16.5. The van der Waals surface area contributed by atoms with Gasteiger partial charge in [0, 0.05) is 6.20 Å². The van der Waals surface area contributed by atoms with E-state index < -0.39 is 0 Å². The van der Waals surface area contributed by atoms with Gasteiger partial charge in [-0.2, -0.15) is 0 Å². The van der Waals surface area contributed by atoms with Crippen molar-refractivity contribution in [2.75, 3.05) is 6.61 Å². The third kappa shape index (κ3) is 3.96. The number of imidazole rings is 1. The Kier molecular flexibility index (Phi) is 4.75. The van der Waals surface area contributed by atoms with Gasteiger partial charge in [-0.1, -0.05) is 17.3 Å². The highest BCUT2D eigenvalue weighted by molar-refractivity contribution is 5.99.